The highest BCUT2D eigenvalue weighted by Crippen LogP contribution is 2.28. The fourth-order valence-corrected chi connectivity index (χ4v) is 3.72. The predicted molar refractivity (Wildman–Crippen MR) is 104 cm³/mol. The van der Waals surface area contributed by atoms with E-state index < -0.39 is 0 Å². The molecule has 27 heavy (non-hydrogen) atoms. The van der Waals surface area contributed by atoms with Gasteiger partial charge in [-0.3, -0.25) is 4.79 Å². The van der Waals surface area contributed by atoms with Crippen LogP contribution in [-0.4, -0.2) is 29.8 Å². The van der Waals surface area contributed by atoms with E-state index in [1.165, 1.54) is 24.8 Å². The molecule has 4 nitrogen and oxygen atoms in total. The number of halogens is 1. The number of carbonyl (C=O) groups is 2. The summed E-state index contributed by atoms with van der Waals surface area (Å²) in [4.78, 5) is 26.4. The Bertz CT molecular complexity index is 838. The maximum Gasteiger partial charge on any atom is 0.337 e. The highest BCUT2D eigenvalue weighted by molar-refractivity contribution is 7.80. The molecule has 142 valence electrons. The molecule has 1 unspecified atom stereocenters. The molecule has 0 saturated carbocycles. The summed E-state index contributed by atoms with van der Waals surface area (Å²) >= 11 is 4.31. The maximum absolute atomic E-state index is 13.1. The van der Waals surface area contributed by atoms with Crippen molar-refractivity contribution in [2.45, 2.75) is 25.8 Å². The molecule has 0 aromatic heterocycles. The summed E-state index contributed by atoms with van der Waals surface area (Å²) in [7, 11) is 1.36. The Hall–Kier alpha value is -2.34. The van der Waals surface area contributed by atoms with Crippen molar-refractivity contribution in [1.29, 1.82) is 0 Å². The average molecular weight is 387 g/mol. The Labute approximate surface area is 163 Å². The van der Waals surface area contributed by atoms with Gasteiger partial charge in [-0.15, -0.1) is 0 Å². The minimum absolute atomic E-state index is 0.0310. The summed E-state index contributed by atoms with van der Waals surface area (Å²) in [6, 6.07) is 11.7. The number of thiol groups is 1. The van der Waals surface area contributed by atoms with E-state index >= 15 is 0 Å². The van der Waals surface area contributed by atoms with Crippen LogP contribution in [0.4, 0.5) is 4.39 Å². The Morgan fingerprint density at radius 3 is 2.59 bits per heavy atom. The lowest BCUT2D eigenvalue weighted by atomic mass is 9.82. The van der Waals surface area contributed by atoms with E-state index in [-0.39, 0.29) is 23.6 Å². The summed E-state index contributed by atoms with van der Waals surface area (Å²) in [6.45, 7) is 0.397. The molecule has 0 heterocycles. The number of amides is 1. The fourth-order valence-electron chi connectivity index (χ4n) is 3.48. The van der Waals surface area contributed by atoms with Crippen LogP contribution in [0.15, 0.2) is 42.5 Å². The number of hydrogen-bond acceptors (Lipinski definition) is 4. The Morgan fingerprint density at radius 2 is 1.93 bits per heavy atom. The summed E-state index contributed by atoms with van der Waals surface area (Å²) in [5.41, 5.74) is 3.55. The Morgan fingerprint density at radius 1 is 1.19 bits per heavy atom. The second-order valence-corrected chi connectivity index (χ2v) is 7.00. The lowest BCUT2D eigenvalue weighted by Gasteiger charge is -2.29. The first-order valence-electron chi connectivity index (χ1n) is 8.86. The molecule has 1 aliphatic carbocycles. The summed E-state index contributed by atoms with van der Waals surface area (Å²) in [5.74, 6) is -0.504. The van der Waals surface area contributed by atoms with Gasteiger partial charge in [0.2, 0.25) is 5.91 Å². The van der Waals surface area contributed by atoms with Gasteiger partial charge in [-0.1, -0.05) is 18.2 Å². The van der Waals surface area contributed by atoms with Gasteiger partial charge in [0.25, 0.3) is 0 Å². The molecule has 1 aliphatic rings. The molecule has 0 aliphatic heterocycles. The minimum atomic E-state index is -0.375. The average Bonchev–Trinajstić information content (AvgIpc) is 2.71. The molecule has 0 radical (unpaired) electrons. The molecular weight excluding hydrogens is 365 g/mol. The molecule has 2 aromatic rings. The van der Waals surface area contributed by atoms with Crippen LogP contribution in [0.1, 0.15) is 33.5 Å². The van der Waals surface area contributed by atoms with E-state index in [4.69, 9.17) is 4.74 Å². The summed E-state index contributed by atoms with van der Waals surface area (Å²) < 4.78 is 17.9. The zero-order valence-corrected chi connectivity index (χ0v) is 16.0. The van der Waals surface area contributed by atoms with Gasteiger partial charge >= 0.3 is 5.97 Å². The van der Waals surface area contributed by atoms with Crippen molar-refractivity contribution < 1.29 is 18.7 Å². The highest BCUT2D eigenvalue weighted by Gasteiger charge is 2.28. The number of hydrogen-bond donors (Lipinski definition) is 1. The third-order valence-electron chi connectivity index (χ3n) is 4.97. The summed E-state index contributed by atoms with van der Waals surface area (Å²) in [5, 5.41) is 0. The zero-order chi connectivity index (χ0) is 19.4. The van der Waals surface area contributed by atoms with E-state index in [0.717, 1.165) is 24.0 Å². The third-order valence-corrected chi connectivity index (χ3v) is 5.32. The third kappa shape index (κ3) is 4.50. The van der Waals surface area contributed by atoms with Crippen LogP contribution in [0, 0.1) is 11.7 Å². The topological polar surface area (TPSA) is 46.6 Å². The van der Waals surface area contributed by atoms with Crippen LogP contribution >= 0.6 is 12.6 Å². The number of benzene rings is 2. The number of aryl methyl sites for hydroxylation is 1. The number of fused-ring (bicyclic) bond motifs is 1. The van der Waals surface area contributed by atoms with Gasteiger partial charge in [0, 0.05) is 12.5 Å². The number of ether oxygens (including phenoxy) is 1. The van der Waals surface area contributed by atoms with Crippen LogP contribution in [-0.2, 0) is 28.9 Å². The highest BCUT2D eigenvalue weighted by atomic mass is 32.1. The molecular formula is C21H22FNO3S. The van der Waals surface area contributed by atoms with Gasteiger partial charge in [-0.2, -0.15) is 12.6 Å². The van der Waals surface area contributed by atoms with Crippen LogP contribution in [0.2, 0.25) is 0 Å². The number of esters is 1. The van der Waals surface area contributed by atoms with Crippen molar-refractivity contribution in [3.63, 3.8) is 0 Å². The lowest BCUT2D eigenvalue weighted by Crippen LogP contribution is -2.37. The van der Waals surface area contributed by atoms with Gasteiger partial charge in [-0.05, 0) is 60.2 Å². The molecule has 0 N–H and O–H groups in total. The van der Waals surface area contributed by atoms with Crippen molar-refractivity contribution in [2.75, 3.05) is 13.0 Å². The Balaban J connectivity index is 1.73. The Kier molecular flexibility index (Phi) is 6.16. The molecule has 3 rings (SSSR count). The molecule has 1 amide bonds. The molecule has 0 spiro atoms. The predicted octanol–water partition coefficient (Wildman–Crippen LogP) is 3.63. The monoisotopic (exact) mass is 387 g/mol. The van der Waals surface area contributed by atoms with E-state index in [1.54, 1.807) is 23.1 Å². The van der Waals surface area contributed by atoms with Crippen molar-refractivity contribution in [3.05, 3.63) is 70.5 Å². The number of nitrogens with zero attached hydrogens (tertiary/aromatic N) is 1. The van der Waals surface area contributed by atoms with Crippen molar-refractivity contribution in [1.82, 2.24) is 4.90 Å². The van der Waals surface area contributed by atoms with Crippen LogP contribution < -0.4 is 0 Å². The molecule has 2 aromatic carbocycles. The molecule has 0 fully saturated rings. The first-order valence-corrected chi connectivity index (χ1v) is 9.49. The van der Waals surface area contributed by atoms with E-state index in [2.05, 4.69) is 12.6 Å². The van der Waals surface area contributed by atoms with Gasteiger partial charge in [0.05, 0.1) is 18.6 Å². The molecule has 6 heteroatoms. The second kappa shape index (κ2) is 8.57. The van der Waals surface area contributed by atoms with E-state index in [0.29, 0.717) is 24.4 Å². The van der Waals surface area contributed by atoms with Crippen LogP contribution in [0.5, 0.6) is 0 Å². The van der Waals surface area contributed by atoms with Crippen molar-refractivity contribution in [2.24, 2.45) is 5.92 Å². The number of carbonyl (C=O) groups excluding carboxylic acids is 2. The van der Waals surface area contributed by atoms with E-state index in [1.807, 2.05) is 12.1 Å². The van der Waals surface area contributed by atoms with Crippen LogP contribution in [0.25, 0.3) is 0 Å². The lowest BCUT2D eigenvalue weighted by molar-refractivity contribution is -0.135. The summed E-state index contributed by atoms with van der Waals surface area (Å²) in [6.07, 6.45) is 2.15. The normalized spacial score (nSPS) is 15.7. The molecule has 0 saturated heterocycles. The molecule has 0 bridgehead atoms. The van der Waals surface area contributed by atoms with Crippen LogP contribution in [0.3, 0.4) is 0 Å². The zero-order valence-electron chi connectivity index (χ0n) is 15.2. The van der Waals surface area contributed by atoms with Gasteiger partial charge in [-0.25, -0.2) is 9.18 Å². The van der Waals surface area contributed by atoms with Crippen molar-refractivity contribution >= 4 is 24.5 Å². The maximum atomic E-state index is 13.1. The standard InChI is InChI=1S/C21H22FNO3S/c1-26-21(25)17-7-5-15-4-6-16(10-18(15)11-17)20(24)23(13-27)12-14-2-8-19(22)9-3-14/h2-3,5,7-9,11,16,27H,4,6,10,12-13H2,1H3. The van der Waals surface area contributed by atoms with Crippen molar-refractivity contribution in [3.8, 4) is 0 Å². The largest absolute Gasteiger partial charge is 0.465 e. The second-order valence-electron chi connectivity index (χ2n) is 6.72. The molecule has 1 atom stereocenters. The SMILES string of the molecule is COC(=O)c1ccc2c(c1)CC(C(=O)N(CS)Cc1ccc(F)cc1)CC2. The smallest absolute Gasteiger partial charge is 0.337 e. The van der Waals surface area contributed by atoms with Gasteiger partial charge < -0.3 is 9.64 Å². The fraction of sp³-hybridized carbons (Fsp3) is 0.333. The number of rotatable bonds is 5. The van der Waals surface area contributed by atoms with Gasteiger partial charge in [0.1, 0.15) is 5.82 Å². The minimum Gasteiger partial charge on any atom is -0.465 e. The number of methoxy groups -OCH3 is 1. The first-order chi connectivity index (χ1) is 13.0. The first kappa shape index (κ1) is 19.4. The van der Waals surface area contributed by atoms with Gasteiger partial charge in [0.15, 0.2) is 0 Å². The van der Waals surface area contributed by atoms with E-state index in [9.17, 15) is 14.0 Å². The quantitative estimate of drug-likeness (QED) is 0.484.